The summed E-state index contributed by atoms with van der Waals surface area (Å²) in [6.45, 7) is 2.02. The number of carbonyl (C=O) groups excluding carboxylic acids is 1. The summed E-state index contributed by atoms with van der Waals surface area (Å²) >= 11 is 3.45. The molecule has 0 aromatic heterocycles. The molecular formula is C23H21BrN4O. The molecular weight excluding hydrogens is 428 g/mol. The fourth-order valence-electron chi connectivity index (χ4n) is 3.96. The van der Waals surface area contributed by atoms with E-state index in [0.717, 1.165) is 39.8 Å². The first-order valence-corrected chi connectivity index (χ1v) is 10.3. The minimum Gasteiger partial charge on any atom is -0.383 e. The second-order valence-corrected chi connectivity index (χ2v) is 8.26. The van der Waals surface area contributed by atoms with Gasteiger partial charge in [-0.15, -0.1) is 0 Å². The highest BCUT2D eigenvalue weighted by molar-refractivity contribution is 9.10. The summed E-state index contributed by atoms with van der Waals surface area (Å²) in [4.78, 5) is 13.0. The number of nitrogens with two attached hydrogens (primary N) is 1. The first-order valence-electron chi connectivity index (χ1n) is 9.54. The summed E-state index contributed by atoms with van der Waals surface area (Å²) in [5.41, 5.74) is 14.6. The summed E-state index contributed by atoms with van der Waals surface area (Å²) in [5, 5.41) is 11.7. The van der Waals surface area contributed by atoms with E-state index in [9.17, 15) is 10.1 Å². The maximum Gasteiger partial charge on any atom is 0.161 e. The number of rotatable bonds is 3. The molecule has 146 valence electrons. The molecule has 6 heteroatoms. The second-order valence-electron chi connectivity index (χ2n) is 7.35. The minimum atomic E-state index is -0.438. The predicted molar refractivity (Wildman–Crippen MR) is 116 cm³/mol. The molecule has 0 bridgehead atoms. The van der Waals surface area contributed by atoms with Crippen molar-refractivity contribution in [1.82, 2.24) is 5.01 Å². The topological polar surface area (TPSA) is 82.2 Å². The molecule has 0 fully saturated rings. The lowest BCUT2D eigenvalue weighted by Gasteiger charge is -2.39. The smallest absolute Gasteiger partial charge is 0.161 e. The number of hydrogen-bond acceptors (Lipinski definition) is 5. The molecule has 1 heterocycles. The van der Waals surface area contributed by atoms with Crippen LogP contribution >= 0.6 is 15.9 Å². The van der Waals surface area contributed by atoms with Crippen molar-refractivity contribution >= 4 is 27.4 Å². The van der Waals surface area contributed by atoms with Crippen LogP contribution in [-0.2, 0) is 4.79 Å². The lowest BCUT2D eigenvalue weighted by molar-refractivity contribution is -0.116. The third-order valence-corrected chi connectivity index (χ3v) is 5.94. The van der Waals surface area contributed by atoms with Crippen molar-refractivity contribution in [1.29, 1.82) is 5.26 Å². The van der Waals surface area contributed by atoms with Gasteiger partial charge in [-0.2, -0.15) is 5.26 Å². The van der Waals surface area contributed by atoms with Crippen molar-refractivity contribution in [2.75, 3.05) is 5.43 Å². The minimum absolute atomic E-state index is 0.0788. The van der Waals surface area contributed by atoms with Crippen LogP contribution in [0.15, 0.2) is 75.7 Å². The molecule has 1 aliphatic heterocycles. The van der Waals surface area contributed by atoms with E-state index in [4.69, 9.17) is 5.73 Å². The summed E-state index contributed by atoms with van der Waals surface area (Å²) < 4.78 is 0.944. The van der Waals surface area contributed by atoms with Gasteiger partial charge in [0.1, 0.15) is 5.82 Å². The monoisotopic (exact) mass is 448 g/mol. The average Bonchev–Trinajstić information content (AvgIpc) is 2.72. The van der Waals surface area contributed by atoms with Gasteiger partial charge in [0.2, 0.25) is 0 Å². The van der Waals surface area contributed by atoms with Crippen LogP contribution in [0.4, 0.5) is 5.69 Å². The van der Waals surface area contributed by atoms with Crippen LogP contribution in [0.2, 0.25) is 0 Å². The number of Topliss-reactive ketones (excluding diaryl/α,β-unsaturated/α-hetero) is 1. The molecule has 1 atom stereocenters. The molecule has 2 aromatic rings. The highest BCUT2D eigenvalue weighted by Crippen LogP contribution is 2.44. The first kappa shape index (κ1) is 19.3. The number of hydrazine groups is 1. The quantitative estimate of drug-likeness (QED) is 0.698. The molecule has 2 aliphatic rings. The maximum absolute atomic E-state index is 13.0. The van der Waals surface area contributed by atoms with Crippen LogP contribution in [0.3, 0.4) is 0 Å². The molecule has 0 radical (unpaired) electrons. The largest absolute Gasteiger partial charge is 0.383 e. The zero-order valence-electron chi connectivity index (χ0n) is 16.1. The van der Waals surface area contributed by atoms with E-state index in [0.29, 0.717) is 23.4 Å². The van der Waals surface area contributed by atoms with Gasteiger partial charge in [-0.25, -0.2) is 5.01 Å². The summed E-state index contributed by atoms with van der Waals surface area (Å²) in [5.74, 6) is -0.0171. The number of halogens is 1. The normalized spacial score (nSPS) is 19.1. The molecule has 0 saturated carbocycles. The summed E-state index contributed by atoms with van der Waals surface area (Å²) in [6.07, 6.45) is 1.99. The number of ketones is 1. The van der Waals surface area contributed by atoms with Crippen molar-refractivity contribution in [3.8, 4) is 6.07 Å². The Morgan fingerprint density at radius 3 is 2.48 bits per heavy atom. The van der Waals surface area contributed by atoms with Crippen LogP contribution in [-0.4, -0.2) is 10.8 Å². The van der Waals surface area contributed by atoms with Gasteiger partial charge in [-0.3, -0.25) is 10.2 Å². The van der Waals surface area contributed by atoms with Crippen molar-refractivity contribution < 1.29 is 4.79 Å². The summed E-state index contributed by atoms with van der Waals surface area (Å²) in [7, 11) is 0. The maximum atomic E-state index is 13.0. The number of aryl methyl sites for hydroxylation is 1. The Hall–Kier alpha value is -3.04. The van der Waals surface area contributed by atoms with Crippen LogP contribution < -0.4 is 11.2 Å². The molecule has 0 saturated heterocycles. The standard InChI is InChI=1S/C23H21BrN4O/c1-14-5-11-17(12-6-14)27-28-19-3-2-4-20(29)22(19)21(18(13-25)23(28)26)15-7-9-16(24)10-8-15/h5-12,21,27H,2-4,26H2,1H3/t21-/m0/s1. The Morgan fingerprint density at radius 2 is 1.83 bits per heavy atom. The molecule has 0 spiro atoms. The lowest BCUT2D eigenvalue weighted by Crippen LogP contribution is -2.41. The van der Waals surface area contributed by atoms with Gasteiger partial charge in [-0.1, -0.05) is 45.8 Å². The molecule has 29 heavy (non-hydrogen) atoms. The Labute approximate surface area is 178 Å². The number of anilines is 1. The summed E-state index contributed by atoms with van der Waals surface area (Å²) in [6, 6.07) is 17.9. The fraction of sp³-hybridized carbons (Fsp3) is 0.217. The molecule has 0 amide bonds. The van der Waals surface area contributed by atoms with E-state index in [1.165, 1.54) is 0 Å². The van der Waals surface area contributed by atoms with Gasteiger partial charge in [0, 0.05) is 22.2 Å². The molecule has 2 aromatic carbocycles. The van der Waals surface area contributed by atoms with Gasteiger partial charge >= 0.3 is 0 Å². The van der Waals surface area contributed by atoms with Gasteiger partial charge in [0.25, 0.3) is 0 Å². The average molecular weight is 449 g/mol. The van der Waals surface area contributed by atoms with Crippen molar-refractivity contribution in [3.05, 3.63) is 86.8 Å². The number of hydrogen-bond donors (Lipinski definition) is 2. The highest BCUT2D eigenvalue weighted by atomic mass is 79.9. The van der Waals surface area contributed by atoms with E-state index in [1.807, 2.05) is 55.5 Å². The SMILES string of the molecule is Cc1ccc(NN2C(N)=C(C#N)[C@H](c3ccc(Br)cc3)C3=C2CCCC3=O)cc1. The van der Waals surface area contributed by atoms with Crippen molar-refractivity contribution in [2.24, 2.45) is 5.73 Å². The molecule has 5 nitrogen and oxygen atoms in total. The Bertz CT molecular complexity index is 1060. The van der Waals surface area contributed by atoms with E-state index >= 15 is 0 Å². The fourth-order valence-corrected chi connectivity index (χ4v) is 4.22. The third-order valence-electron chi connectivity index (χ3n) is 5.41. The molecule has 1 aliphatic carbocycles. The number of carbonyl (C=O) groups is 1. The van der Waals surface area contributed by atoms with E-state index in [1.54, 1.807) is 5.01 Å². The predicted octanol–water partition coefficient (Wildman–Crippen LogP) is 4.88. The number of nitrogens with one attached hydrogen (secondary N) is 1. The Morgan fingerprint density at radius 1 is 1.14 bits per heavy atom. The Kier molecular flexibility index (Phi) is 5.16. The van der Waals surface area contributed by atoms with Gasteiger partial charge < -0.3 is 5.73 Å². The zero-order chi connectivity index (χ0) is 20.5. The van der Waals surface area contributed by atoms with Gasteiger partial charge in [0.05, 0.1) is 23.2 Å². The zero-order valence-corrected chi connectivity index (χ0v) is 17.7. The van der Waals surface area contributed by atoms with Crippen LogP contribution in [0.1, 0.15) is 36.3 Å². The van der Waals surface area contributed by atoms with Crippen LogP contribution in [0, 0.1) is 18.3 Å². The Balaban J connectivity index is 1.84. The second kappa shape index (κ2) is 7.76. The van der Waals surface area contributed by atoms with E-state index < -0.39 is 5.92 Å². The van der Waals surface area contributed by atoms with Gasteiger partial charge in [-0.05, 0) is 49.6 Å². The molecule has 0 unspecified atom stereocenters. The van der Waals surface area contributed by atoms with Crippen molar-refractivity contribution in [2.45, 2.75) is 32.1 Å². The highest BCUT2D eigenvalue weighted by Gasteiger charge is 2.40. The first-order chi connectivity index (χ1) is 14.0. The number of nitrogens with zero attached hydrogens (tertiary/aromatic N) is 2. The number of nitriles is 1. The van der Waals surface area contributed by atoms with Crippen molar-refractivity contribution in [3.63, 3.8) is 0 Å². The van der Waals surface area contributed by atoms with Crippen LogP contribution in [0.25, 0.3) is 0 Å². The molecule has 3 N–H and O–H groups in total. The third kappa shape index (κ3) is 3.54. The molecule has 4 rings (SSSR count). The van der Waals surface area contributed by atoms with Gasteiger partial charge in [0.15, 0.2) is 5.78 Å². The van der Waals surface area contributed by atoms with Crippen LogP contribution in [0.5, 0.6) is 0 Å². The van der Waals surface area contributed by atoms with E-state index in [2.05, 4.69) is 27.4 Å². The number of allylic oxidation sites excluding steroid dienone is 3. The number of benzene rings is 2. The lowest BCUT2D eigenvalue weighted by atomic mass is 9.76. The van der Waals surface area contributed by atoms with E-state index in [-0.39, 0.29) is 5.78 Å².